The Balaban J connectivity index is 1.98. The highest BCUT2D eigenvalue weighted by molar-refractivity contribution is 5.96. The Hall–Kier alpha value is -3.26. The maximum atomic E-state index is 13.3. The van der Waals surface area contributed by atoms with Gasteiger partial charge in [-0.25, -0.2) is 9.37 Å². The number of aromatic nitrogens is 2. The number of halogens is 1. The fourth-order valence-electron chi connectivity index (χ4n) is 3.73. The van der Waals surface area contributed by atoms with Crippen LogP contribution >= 0.6 is 0 Å². The number of aryl methyl sites for hydroxylation is 1. The molecule has 0 saturated heterocycles. The topological polar surface area (TPSA) is 73.7 Å². The molecular formula is C26H32FN3O4. The van der Waals surface area contributed by atoms with E-state index in [0.29, 0.717) is 17.6 Å². The summed E-state index contributed by atoms with van der Waals surface area (Å²) in [6.45, 7) is 7.79. The highest BCUT2D eigenvalue weighted by Gasteiger charge is 2.21. The van der Waals surface area contributed by atoms with Gasteiger partial charge in [0.15, 0.2) is 0 Å². The molecule has 0 fully saturated rings. The van der Waals surface area contributed by atoms with E-state index >= 15 is 0 Å². The average molecular weight is 470 g/mol. The van der Waals surface area contributed by atoms with Gasteiger partial charge < -0.3 is 18.9 Å². The Kier molecular flexibility index (Phi) is 8.04. The normalized spacial score (nSPS) is 11.6. The number of hydrogen-bond acceptors (Lipinski definition) is 5. The largest absolute Gasteiger partial charge is 0.459 e. The van der Waals surface area contributed by atoms with Crippen LogP contribution in [0.15, 0.2) is 42.5 Å². The van der Waals surface area contributed by atoms with Gasteiger partial charge >= 0.3 is 5.97 Å². The number of imidazole rings is 1. The summed E-state index contributed by atoms with van der Waals surface area (Å²) in [6, 6.07) is 11.5. The van der Waals surface area contributed by atoms with Crippen molar-refractivity contribution in [1.82, 2.24) is 9.55 Å². The highest BCUT2D eigenvalue weighted by Crippen LogP contribution is 2.26. The van der Waals surface area contributed by atoms with E-state index in [1.165, 1.54) is 19.2 Å². The summed E-state index contributed by atoms with van der Waals surface area (Å²) in [5, 5.41) is 0. The summed E-state index contributed by atoms with van der Waals surface area (Å²) >= 11 is 0. The Morgan fingerprint density at radius 1 is 1.12 bits per heavy atom. The second-order valence-electron chi connectivity index (χ2n) is 9.16. The summed E-state index contributed by atoms with van der Waals surface area (Å²) in [6.07, 6.45) is 1.57. The summed E-state index contributed by atoms with van der Waals surface area (Å²) in [5.41, 5.74) is 2.32. The van der Waals surface area contributed by atoms with Crippen LogP contribution in [-0.4, -0.2) is 40.7 Å². The first-order chi connectivity index (χ1) is 16.1. The molecule has 0 aliphatic heterocycles. The van der Waals surface area contributed by atoms with Crippen LogP contribution < -0.4 is 4.90 Å². The van der Waals surface area contributed by atoms with Gasteiger partial charge in [-0.15, -0.1) is 0 Å². The zero-order valence-corrected chi connectivity index (χ0v) is 20.4. The Bertz CT molecular complexity index is 1150. The van der Waals surface area contributed by atoms with Crippen molar-refractivity contribution in [3.05, 3.63) is 59.7 Å². The standard InChI is InChI=1S/C26H32FN3O4/c1-6-7-23-28-21-14-20(12-13-22(21)30(23)16-25(32)34-26(2,3)4)29(24(31)17-33-5)15-18-8-10-19(27)11-9-18/h8-14H,6-7,15-17H2,1-5H3. The second kappa shape index (κ2) is 10.8. The van der Waals surface area contributed by atoms with Crippen molar-refractivity contribution < 1.29 is 23.5 Å². The SMILES string of the molecule is CCCc1nc2cc(N(Cc3ccc(F)cc3)C(=O)COC)ccc2n1CC(=O)OC(C)(C)C. The minimum atomic E-state index is -0.575. The first-order valence-corrected chi connectivity index (χ1v) is 11.4. The molecule has 0 saturated carbocycles. The number of ether oxygens (including phenoxy) is 2. The average Bonchev–Trinajstić information content (AvgIpc) is 3.08. The number of amides is 1. The van der Waals surface area contributed by atoms with Crippen molar-refractivity contribution in [3.8, 4) is 0 Å². The number of anilines is 1. The molecule has 0 spiro atoms. The Morgan fingerprint density at radius 3 is 2.44 bits per heavy atom. The van der Waals surface area contributed by atoms with Crippen LogP contribution in [0.1, 0.15) is 45.5 Å². The smallest absolute Gasteiger partial charge is 0.326 e. The van der Waals surface area contributed by atoms with Crippen molar-refractivity contribution in [2.24, 2.45) is 0 Å². The van der Waals surface area contributed by atoms with Gasteiger partial charge in [-0.3, -0.25) is 9.59 Å². The van der Waals surface area contributed by atoms with E-state index in [2.05, 4.69) is 6.92 Å². The Morgan fingerprint density at radius 2 is 1.82 bits per heavy atom. The minimum Gasteiger partial charge on any atom is -0.459 e. The van der Waals surface area contributed by atoms with Gasteiger partial charge in [0.25, 0.3) is 5.91 Å². The third kappa shape index (κ3) is 6.41. The molecule has 182 valence electrons. The third-order valence-corrected chi connectivity index (χ3v) is 5.13. The summed E-state index contributed by atoms with van der Waals surface area (Å²) in [5.74, 6) is -0.109. The molecule has 1 aromatic heterocycles. The van der Waals surface area contributed by atoms with Gasteiger partial charge in [-0.2, -0.15) is 0 Å². The molecule has 3 aromatic rings. The monoisotopic (exact) mass is 469 g/mol. The van der Waals surface area contributed by atoms with Crippen LogP contribution in [0.5, 0.6) is 0 Å². The molecular weight excluding hydrogens is 437 g/mol. The van der Waals surface area contributed by atoms with E-state index in [-0.39, 0.29) is 37.4 Å². The molecule has 34 heavy (non-hydrogen) atoms. The molecule has 3 rings (SSSR count). The fourth-order valence-corrected chi connectivity index (χ4v) is 3.73. The zero-order chi connectivity index (χ0) is 24.9. The molecule has 0 atom stereocenters. The van der Waals surface area contributed by atoms with Crippen LogP contribution in [0.25, 0.3) is 11.0 Å². The number of rotatable bonds is 9. The van der Waals surface area contributed by atoms with E-state index in [1.807, 2.05) is 43.5 Å². The highest BCUT2D eigenvalue weighted by atomic mass is 19.1. The van der Waals surface area contributed by atoms with Crippen LogP contribution in [0, 0.1) is 5.82 Å². The van der Waals surface area contributed by atoms with E-state index in [1.54, 1.807) is 17.0 Å². The van der Waals surface area contributed by atoms with Crippen LogP contribution in [0.2, 0.25) is 0 Å². The second-order valence-corrected chi connectivity index (χ2v) is 9.16. The lowest BCUT2D eigenvalue weighted by Gasteiger charge is -2.23. The van der Waals surface area contributed by atoms with Gasteiger partial charge in [-0.1, -0.05) is 19.1 Å². The van der Waals surface area contributed by atoms with Crippen LogP contribution in [0.3, 0.4) is 0 Å². The van der Waals surface area contributed by atoms with Crippen molar-refractivity contribution in [2.75, 3.05) is 18.6 Å². The number of benzene rings is 2. The lowest BCUT2D eigenvalue weighted by Crippen LogP contribution is -2.33. The van der Waals surface area contributed by atoms with Gasteiger partial charge in [0.1, 0.15) is 30.4 Å². The van der Waals surface area contributed by atoms with Crippen molar-refractivity contribution in [2.45, 2.75) is 59.2 Å². The predicted molar refractivity (Wildman–Crippen MR) is 129 cm³/mol. The third-order valence-electron chi connectivity index (χ3n) is 5.13. The fraction of sp³-hybridized carbons (Fsp3) is 0.423. The molecule has 7 nitrogen and oxygen atoms in total. The lowest BCUT2D eigenvalue weighted by atomic mass is 10.1. The molecule has 0 aliphatic carbocycles. The van der Waals surface area contributed by atoms with Gasteiger partial charge in [0.2, 0.25) is 0 Å². The molecule has 0 aliphatic rings. The van der Waals surface area contributed by atoms with E-state index in [9.17, 15) is 14.0 Å². The van der Waals surface area contributed by atoms with Crippen molar-refractivity contribution in [3.63, 3.8) is 0 Å². The number of carbonyl (C=O) groups is 2. The minimum absolute atomic E-state index is 0.0599. The maximum absolute atomic E-state index is 13.3. The zero-order valence-electron chi connectivity index (χ0n) is 20.4. The molecule has 1 amide bonds. The summed E-state index contributed by atoms with van der Waals surface area (Å²) in [4.78, 5) is 31.7. The molecule has 2 aromatic carbocycles. The molecule has 8 heteroatoms. The van der Waals surface area contributed by atoms with E-state index in [0.717, 1.165) is 23.3 Å². The quantitative estimate of drug-likeness (QED) is 0.427. The molecule has 0 N–H and O–H groups in total. The number of nitrogens with zero attached hydrogens (tertiary/aromatic N) is 3. The van der Waals surface area contributed by atoms with Crippen LogP contribution in [-0.2, 0) is 38.6 Å². The maximum Gasteiger partial charge on any atom is 0.326 e. The molecule has 1 heterocycles. The number of carbonyl (C=O) groups excluding carboxylic acids is 2. The summed E-state index contributed by atoms with van der Waals surface area (Å²) in [7, 11) is 1.46. The van der Waals surface area contributed by atoms with Crippen molar-refractivity contribution in [1.29, 1.82) is 0 Å². The first kappa shape index (κ1) is 25.4. The van der Waals surface area contributed by atoms with Gasteiger partial charge in [-0.05, 0) is 63.1 Å². The molecule has 0 unspecified atom stereocenters. The summed E-state index contributed by atoms with van der Waals surface area (Å²) < 4.78 is 25.8. The number of fused-ring (bicyclic) bond motifs is 1. The molecule has 0 radical (unpaired) electrons. The van der Waals surface area contributed by atoms with E-state index < -0.39 is 5.60 Å². The van der Waals surface area contributed by atoms with Crippen LogP contribution in [0.4, 0.5) is 10.1 Å². The van der Waals surface area contributed by atoms with Crippen molar-refractivity contribution >= 4 is 28.6 Å². The first-order valence-electron chi connectivity index (χ1n) is 11.4. The number of hydrogen-bond donors (Lipinski definition) is 0. The Labute approximate surface area is 199 Å². The molecule has 0 bridgehead atoms. The number of esters is 1. The van der Waals surface area contributed by atoms with E-state index in [4.69, 9.17) is 14.5 Å². The predicted octanol–water partition coefficient (Wildman–Crippen LogP) is 4.65. The van der Waals surface area contributed by atoms with Gasteiger partial charge in [0, 0.05) is 19.2 Å². The lowest BCUT2D eigenvalue weighted by molar-refractivity contribution is -0.155. The number of methoxy groups -OCH3 is 1. The van der Waals surface area contributed by atoms with Gasteiger partial charge in [0.05, 0.1) is 17.6 Å².